The molecule has 0 spiro atoms. The third kappa shape index (κ3) is 3.53. The van der Waals surface area contributed by atoms with Crippen LogP contribution in [0.25, 0.3) is 11.1 Å². The molecule has 0 bridgehead atoms. The minimum absolute atomic E-state index is 0.200. The van der Waals surface area contributed by atoms with E-state index in [1.54, 1.807) is 18.2 Å². The van der Waals surface area contributed by atoms with E-state index in [4.69, 9.17) is 0 Å². The van der Waals surface area contributed by atoms with Gasteiger partial charge in [0.25, 0.3) is 0 Å². The molecular weight excluding hydrogens is 248 g/mol. The zero-order chi connectivity index (χ0) is 14.4. The van der Waals surface area contributed by atoms with Crippen molar-refractivity contribution in [3.8, 4) is 22.6 Å². The van der Waals surface area contributed by atoms with Crippen molar-refractivity contribution in [2.45, 2.75) is 39.0 Å². The van der Waals surface area contributed by atoms with Gasteiger partial charge in [-0.25, -0.2) is 0 Å². The number of hydrogen-bond acceptors (Lipinski definition) is 2. The number of aryl methyl sites for hydroxylation is 1. The van der Waals surface area contributed by atoms with Crippen LogP contribution in [-0.2, 0) is 6.42 Å². The molecular formula is C18H22O2. The molecule has 106 valence electrons. The molecule has 0 fully saturated rings. The molecule has 2 N–H and O–H groups in total. The first-order valence-electron chi connectivity index (χ1n) is 7.32. The van der Waals surface area contributed by atoms with Gasteiger partial charge >= 0.3 is 0 Å². The SMILES string of the molecule is CCCCCCc1ccc(O)c(-c2ccccc2O)c1. The van der Waals surface area contributed by atoms with E-state index >= 15 is 0 Å². The summed E-state index contributed by atoms with van der Waals surface area (Å²) in [7, 11) is 0. The fraction of sp³-hybridized carbons (Fsp3) is 0.333. The van der Waals surface area contributed by atoms with Crippen molar-refractivity contribution in [1.82, 2.24) is 0 Å². The van der Waals surface area contributed by atoms with Crippen molar-refractivity contribution in [2.75, 3.05) is 0 Å². The van der Waals surface area contributed by atoms with Gasteiger partial charge < -0.3 is 10.2 Å². The summed E-state index contributed by atoms with van der Waals surface area (Å²) in [5.74, 6) is 0.412. The van der Waals surface area contributed by atoms with Crippen molar-refractivity contribution < 1.29 is 10.2 Å². The topological polar surface area (TPSA) is 40.5 Å². The fourth-order valence-electron chi connectivity index (χ4n) is 2.41. The second kappa shape index (κ2) is 6.99. The predicted octanol–water partition coefficient (Wildman–Crippen LogP) is 4.89. The van der Waals surface area contributed by atoms with E-state index in [0.29, 0.717) is 11.1 Å². The normalized spacial score (nSPS) is 10.7. The van der Waals surface area contributed by atoms with E-state index in [1.165, 1.54) is 31.2 Å². The van der Waals surface area contributed by atoms with Crippen molar-refractivity contribution in [3.63, 3.8) is 0 Å². The number of phenols is 2. The maximum absolute atomic E-state index is 10.0. The Balaban J connectivity index is 2.19. The fourth-order valence-corrected chi connectivity index (χ4v) is 2.41. The van der Waals surface area contributed by atoms with E-state index in [2.05, 4.69) is 6.92 Å². The number of hydrogen-bond donors (Lipinski definition) is 2. The van der Waals surface area contributed by atoms with Crippen LogP contribution in [0.5, 0.6) is 11.5 Å². The van der Waals surface area contributed by atoms with E-state index in [0.717, 1.165) is 6.42 Å². The molecule has 2 rings (SSSR count). The Morgan fingerprint density at radius 2 is 1.55 bits per heavy atom. The monoisotopic (exact) mass is 270 g/mol. The van der Waals surface area contributed by atoms with Gasteiger partial charge in [0.05, 0.1) is 0 Å². The van der Waals surface area contributed by atoms with Gasteiger partial charge in [0.2, 0.25) is 0 Å². The van der Waals surface area contributed by atoms with Crippen LogP contribution in [0.2, 0.25) is 0 Å². The van der Waals surface area contributed by atoms with Crippen LogP contribution in [0.3, 0.4) is 0 Å². The Bertz CT molecular complexity index is 561. The summed E-state index contributed by atoms with van der Waals surface area (Å²) in [6.45, 7) is 2.21. The minimum Gasteiger partial charge on any atom is -0.507 e. The predicted molar refractivity (Wildman–Crippen MR) is 83.1 cm³/mol. The molecule has 2 aromatic carbocycles. The number of para-hydroxylation sites is 1. The Kier molecular flexibility index (Phi) is 5.05. The lowest BCUT2D eigenvalue weighted by Crippen LogP contribution is -1.88. The number of rotatable bonds is 6. The number of unbranched alkanes of at least 4 members (excludes halogenated alkanes) is 3. The van der Waals surface area contributed by atoms with Crippen LogP contribution < -0.4 is 0 Å². The molecule has 0 unspecified atom stereocenters. The third-order valence-corrected chi connectivity index (χ3v) is 3.57. The summed E-state index contributed by atoms with van der Waals surface area (Å²) >= 11 is 0. The average molecular weight is 270 g/mol. The second-order valence-corrected chi connectivity index (χ2v) is 5.18. The molecule has 0 aliphatic carbocycles. The zero-order valence-corrected chi connectivity index (χ0v) is 12.0. The van der Waals surface area contributed by atoms with Gasteiger partial charge in [0, 0.05) is 11.1 Å². The van der Waals surface area contributed by atoms with Gasteiger partial charge in [0.15, 0.2) is 0 Å². The van der Waals surface area contributed by atoms with Crippen LogP contribution in [-0.4, -0.2) is 10.2 Å². The molecule has 0 aliphatic heterocycles. The molecule has 0 aromatic heterocycles. The van der Waals surface area contributed by atoms with Crippen LogP contribution >= 0.6 is 0 Å². The molecule has 0 saturated carbocycles. The van der Waals surface area contributed by atoms with Crippen molar-refractivity contribution in [3.05, 3.63) is 48.0 Å². The first kappa shape index (κ1) is 14.4. The number of benzene rings is 2. The summed E-state index contributed by atoms with van der Waals surface area (Å²) in [5, 5.41) is 19.9. The molecule has 0 aliphatic rings. The van der Waals surface area contributed by atoms with E-state index in [9.17, 15) is 10.2 Å². The Morgan fingerprint density at radius 3 is 2.30 bits per heavy atom. The average Bonchev–Trinajstić information content (AvgIpc) is 2.46. The van der Waals surface area contributed by atoms with E-state index in [1.807, 2.05) is 24.3 Å². The number of aromatic hydroxyl groups is 2. The number of phenolic OH excluding ortho intramolecular Hbond substituents is 2. The quantitative estimate of drug-likeness (QED) is 0.734. The molecule has 0 radical (unpaired) electrons. The van der Waals surface area contributed by atoms with Gasteiger partial charge in [0.1, 0.15) is 11.5 Å². The molecule has 20 heavy (non-hydrogen) atoms. The summed E-state index contributed by atoms with van der Waals surface area (Å²) in [5.41, 5.74) is 2.59. The van der Waals surface area contributed by atoms with Gasteiger partial charge in [-0.1, -0.05) is 50.5 Å². The Labute approximate surface area is 120 Å². The van der Waals surface area contributed by atoms with Crippen molar-refractivity contribution >= 4 is 0 Å². The third-order valence-electron chi connectivity index (χ3n) is 3.57. The highest BCUT2D eigenvalue weighted by atomic mass is 16.3. The summed E-state index contributed by atoms with van der Waals surface area (Å²) < 4.78 is 0. The lowest BCUT2D eigenvalue weighted by molar-refractivity contribution is 0.469. The first-order chi connectivity index (χ1) is 9.72. The Morgan fingerprint density at radius 1 is 0.800 bits per heavy atom. The maximum atomic E-state index is 10.0. The largest absolute Gasteiger partial charge is 0.507 e. The van der Waals surface area contributed by atoms with Crippen molar-refractivity contribution in [2.24, 2.45) is 0 Å². The van der Waals surface area contributed by atoms with Gasteiger partial charge in [-0.2, -0.15) is 0 Å². The van der Waals surface area contributed by atoms with E-state index in [-0.39, 0.29) is 11.5 Å². The lowest BCUT2D eigenvalue weighted by atomic mass is 9.98. The van der Waals surface area contributed by atoms with Crippen LogP contribution in [0.4, 0.5) is 0 Å². The molecule has 2 nitrogen and oxygen atoms in total. The van der Waals surface area contributed by atoms with Crippen LogP contribution in [0, 0.1) is 0 Å². The summed E-state index contributed by atoms with van der Waals surface area (Å²) in [4.78, 5) is 0. The van der Waals surface area contributed by atoms with E-state index < -0.39 is 0 Å². The second-order valence-electron chi connectivity index (χ2n) is 5.18. The van der Waals surface area contributed by atoms with Crippen LogP contribution in [0.1, 0.15) is 38.2 Å². The smallest absolute Gasteiger partial charge is 0.123 e. The van der Waals surface area contributed by atoms with Gasteiger partial charge in [-0.3, -0.25) is 0 Å². The lowest BCUT2D eigenvalue weighted by Gasteiger charge is -2.09. The summed E-state index contributed by atoms with van der Waals surface area (Å²) in [6.07, 6.45) is 5.92. The summed E-state index contributed by atoms with van der Waals surface area (Å²) in [6, 6.07) is 12.8. The van der Waals surface area contributed by atoms with Gasteiger partial charge in [-0.05, 0) is 36.6 Å². The highest BCUT2D eigenvalue weighted by Crippen LogP contribution is 2.35. The Hall–Kier alpha value is -1.96. The van der Waals surface area contributed by atoms with Gasteiger partial charge in [-0.15, -0.1) is 0 Å². The highest BCUT2D eigenvalue weighted by molar-refractivity contribution is 5.75. The minimum atomic E-state index is 0.200. The first-order valence-corrected chi connectivity index (χ1v) is 7.32. The molecule has 0 atom stereocenters. The standard InChI is InChI=1S/C18H22O2/c1-2-3-4-5-8-14-11-12-18(20)16(13-14)15-9-6-7-10-17(15)19/h6-7,9-13,19-20H,2-5,8H2,1H3. The van der Waals surface area contributed by atoms with Crippen molar-refractivity contribution in [1.29, 1.82) is 0 Å². The molecule has 2 aromatic rings. The maximum Gasteiger partial charge on any atom is 0.123 e. The molecule has 0 saturated heterocycles. The van der Waals surface area contributed by atoms with Crippen LogP contribution in [0.15, 0.2) is 42.5 Å². The molecule has 2 heteroatoms. The molecule has 0 heterocycles. The molecule has 0 amide bonds. The zero-order valence-electron chi connectivity index (χ0n) is 12.0. The highest BCUT2D eigenvalue weighted by Gasteiger charge is 2.09.